The number of nitrogens with one attached hydrogen (secondary N) is 1. The summed E-state index contributed by atoms with van der Waals surface area (Å²) in [6.07, 6.45) is 0.918. The lowest BCUT2D eigenvalue weighted by Crippen LogP contribution is -2.38. The van der Waals surface area contributed by atoms with E-state index in [-0.39, 0.29) is 18.0 Å². The molecular formula is C13H20N2OS. The monoisotopic (exact) mass is 252 g/mol. The first-order valence-electron chi connectivity index (χ1n) is 6.07. The predicted octanol–water partition coefficient (Wildman–Crippen LogP) is 2.25. The number of rotatable bonds is 3. The van der Waals surface area contributed by atoms with Crippen molar-refractivity contribution in [2.45, 2.75) is 39.3 Å². The van der Waals surface area contributed by atoms with Crippen molar-refractivity contribution < 1.29 is 4.79 Å². The maximum atomic E-state index is 11.8. The van der Waals surface area contributed by atoms with Crippen LogP contribution in [0.3, 0.4) is 0 Å². The van der Waals surface area contributed by atoms with Gasteiger partial charge in [0.25, 0.3) is 0 Å². The van der Waals surface area contributed by atoms with Gasteiger partial charge in [-0.3, -0.25) is 10.1 Å². The van der Waals surface area contributed by atoms with Crippen LogP contribution in [0.1, 0.15) is 34.7 Å². The number of thiophene rings is 1. The van der Waals surface area contributed by atoms with Crippen molar-refractivity contribution in [3.8, 4) is 0 Å². The third-order valence-corrected chi connectivity index (χ3v) is 4.41. The molecule has 2 rings (SSSR count). The largest absolute Gasteiger partial charge is 0.344 e. The van der Waals surface area contributed by atoms with Crippen LogP contribution in [0.5, 0.6) is 0 Å². The molecule has 1 aromatic heterocycles. The molecule has 1 fully saturated rings. The summed E-state index contributed by atoms with van der Waals surface area (Å²) in [7, 11) is 1.87. The van der Waals surface area contributed by atoms with Crippen LogP contribution in [-0.4, -0.2) is 30.4 Å². The Kier molecular flexibility index (Phi) is 3.54. The molecule has 1 N–H and O–H groups in total. The van der Waals surface area contributed by atoms with Gasteiger partial charge in [0.05, 0.1) is 6.04 Å². The van der Waals surface area contributed by atoms with E-state index in [4.69, 9.17) is 0 Å². The van der Waals surface area contributed by atoms with Crippen LogP contribution in [0.2, 0.25) is 0 Å². The minimum atomic E-state index is -0.00499. The lowest BCUT2D eigenvalue weighted by atomic mass is 10.1. The second-order valence-electron chi connectivity index (χ2n) is 4.86. The Hall–Kier alpha value is -0.870. The number of carbonyl (C=O) groups excluding carboxylic acids is 1. The van der Waals surface area contributed by atoms with Crippen molar-refractivity contribution in [3.63, 3.8) is 0 Å². The lowest BCUT2D eigenvalue weighted by Gasteiger charge is -2.18. The normalized spacial score (nSPS) is 22.2. The molecule has 1 amide bonds. The Bertz CT molecular complexity index is 427. The number of carbonyl (C=O) groups is 1. The molecule has 17 heavy (non-hydrogen) atoms. The minimum Gasteiger partial charge on any atom is -0.344 e. The second-order valence-corrected chi connectivity index (χ2v) is 6.32. The molecule has 0 spiro atoms. The average Bonchev–Trinajstić information content (AvgIpc) is 2.75. The van der Waals surface area contributed by atoms with Crippen LogP contribution in [-0.2, 0) is 4.79 Å². The van der Waals surface area contributed by atoms with Gasteiger partial charge in [0, 0.05) is 29.4 Å². The summed E-state index contributed by atoms with van der Waals surface area (Å²) in [6.45, 7) is 7.28. The zero-order valence-corrected chi connectivity index (χ0v) is 11.7. The molecule has 1 aliphatic heterocycles. The summed E-state index contributed by atoms with van der Waals surface area (Å²) >= 11 is 1.82. The minimum absolute atomic E-state index is 0.00499. The van der Waals surface area contributed by atoms with Crippen molar-refractivity contribution in [1.82, 2.24) is 10.2 Å². The Morgan fingerprint density at radius 1 is 1.53 bits per heavy atom. The summed E-state index contributed by atoms with van der Waals surface area (Å²) in [5.41, 5.74) is 1.33. The Morgan fingerprint density at radius 3 is 2.71 bits per heavy atom. The Labute approximate surface area is 107 Å². The third-order valence-electron chi connectivity index (χ3n) is 3.42. The van der Waals surface area contributed by atoms with E-state index in [1.807, 2.05) is 18.4 Å². The third kappa shape index (κ3) is 2.53. The average molecular weight is 252 g/mol. The first kappa shape index (κ1) is 12.6. The Morgan fingerprint density at radius 2 is 2.24 bits per heavy atom. The van der Waals surface area contributed by atoms with Crippen molar-refractivity contribution >= 4 is 17.2 Å². The molecule has 2 heterocycles. The fraction of sp³-hybridized carbons (Fsp3) is 0.615. The molecular weight excluding hydrogens is 232 g/mol. The first-order chi connectivity index (χ1) is 7.99. The highest BCUT2D eigenvalue weighted by Crippen LogP contribution is 2.27. The summed E-state index contributed by atoms with van der Waals surface area (Å²) in [5.74, 6) is 0.224. The fourth-order valence-corrected chi connectivity index (χ4v) is 3.47. The van der Waals surface area contributed by atoms with E-state index in [0.29, 0.717) is 0 Å². The molecule has 0 saturated carbocycles. The van der Waals surface area contributed by atoms with Gasteiger partial charge in [-0.2, -0.15) is 0 Å². The van der Waals surface area contributed by atoms with Crippen LogP contribution in [0.4, 0.5) is 0 Å². The van der Waals surface area contributed by atoms with E-state index in [9.17, 15) is 4.79 Å². The van der Waals surface area contributed by atoms with Gasteiger partial charge < -0.3 is 4.90 Å². The van der Waals surface area contributed by atoms with Crippen LogP contribution in [0.25, 0.3) is 0 Å². The maximum absolute atomic E-state index is 11.8. The van der Waals surface area contributed by atoms with Gasteiger partial charge in [0.15, 0.2) is 0 Å². The number of nitrogens with zero attached hydrogens (tertiary/aromatic N) is 1. The van der Waals surface area contributed by atoms with Crippen molar-refractivity contribution in [2.24, 2.45) is 0 Å². The molecule has 1 aromatic rings. The summed E-state index contributed by atoms with van der Waals surface area (Å²) in [5, 5.41) is 3.44. The quantitative estimate of drug-likeness (QED) is 0.895. The smallest absolute Gasteiger partial charge is 0.239 e. The van der Waals surface area contributed by atoms with Crippen molar-refractivity contribution in [1.29, 1.82) is 0 Å². The van der Waals surface area contributed by atoms with Gasteiger partial charge in [-0.15, -0.1) is 11.3 Å². The van der Waals surface area contributed by atoms with E-state index in [2.05, 4.69) is 32.2 Å². The Balaban J connectivity index is 2.05. The van der Waals surface area contributed by atoms with E-state index in [0.717, 1.165) is 13.0 Å². The molecule has 1 aliphatic rings. The van der Waals surface area contributed by atoms with Gasteiger partial charge in [-0.05, 0) is 38.8 Å². The van der Waals surface area contributed by atoms with Crippen LogP contribution < -0.4 is 5.32 Å². The number of likely N-dealkylation sites (N-methyl/N-ethyl adjacent to an activating group) is 1. The van der Waals surface area contributed by atoms with Gasteiger partial charge in [0.2, 0.25) is 5.91 Å². The van der Waals surface area contributed by atoms with Gasteiger partial charge >= 0.3 is 0 Å². The number of hydrogen-bond donors (Lipinski definition) is 1. The second kappa shape index (κ2) is 4.78. The molecule has 0 aromatic carbocycles. The van der Waals surface area contributed by atoms with Crippen molar-refractivity contribution in [2.75, 3.05) is 13.6 Å². The molecule has 2 atom stereocenters. The number of hydrogen-bond acceptors (Lipinski definition) is 3. The van der Waals surface area contributed by atoms with Crippen molar-refractivity contribution in [3.05, 3.63) is 21.4 Å². The summed E-state index contributed by atoms with van der Waals surface area (Å²) < 4.78 is 0. The van der Waals surface area contributed by atoms with E-state index >= 15 is 0 Å². The van der Waals surface area contributed by atoms with Gasteiger partial charge in [-0.1, -0.05) is 0 Å². The maximum Gasteiger partial charge on any atom is 0.239 e. The SMILES string of the molecule is Cc1cc(C(C)NC2CCN(C)C2=O)c(C)s1. The zero-order valence-electron chi connectivity index (χ0n) is 10.9. The summed E-state index contributed by atoms with van der Waals surface area (Å²) in [6, 6.07) is 2.47. The highest BCUT2D eigenvalue weighted by molar-refractivity contribution is 7.12. The topological polar surface area (TPSA) is 32.3 Å². The number of likely N-dealkylation sites (tertiary alicyclic amines) is 1. The van der Waals surface area contributed by atoms with Crippen LogP contribution in [0.15, 0.2) is 6.07 Å². The summed E-state index contributed by atoms with van der Waals surface area (Å²) in [4.78, 5) is 16.3. The molecule has 1 saturated heterocycles. The molecule has 94 valence electrons. The molecule has 0 aliphatic carbocycles. The van der Waals surface area contributed by atoms with E-state index in [1.165, 1.54) is 15.3 Å². The molecule has 3 nitrogen and oxygen atoms in total. The lowest BCUT2D eigenvalue weighted by molar-refractivity contribution is -0.128. The van der Waals surface area contributed by atoms with Gasteiger partial charge in [0.1, 0.15) is 0 Å². The van der Waals surface area contributed by atoms with Gasteiger partial charge in [-0.25, -0.2) is 0 Å². The first-order valence-corrected chi connectivity index (χ1v) is 6.88. The van der Waals surface area contributed by atoms with Crippen LogP contribution >= 0.6 is 11.3 Å². The molecule has 0 radical (unpaired) electrons. The van der Waals surface area contributed by atoms with Crippen LogP contribution in [0, 0.1) is 13.8 Å². The van der Waals surface area contributed by atoms with E-state index in [1.54, 1.807) is 4.90 Å². The zero-order chi connectivity index (χ0) is 12.6. The molecule has 0 bridgehead atoms. The standard InChI is InChI=1S/C13H20N2OS/c1-8-7-11(10(3)17-8)9(2)14-12-5-6-15(4)13(12)16/h7,9,12,14H,5-6H2,1-4H3. The van der Waals surface area contributed by atoms with E-state index < -0.39 is 0 Å². The number of amides is 1. The highest BCUT2D eigenvalue weighted by atomic mass is 32.1. The molecule has 4 heteroatoms. The predicted molar refractivity (Wildman–Crippen MR) is 71.4 cm³/mol. The molecule has 2 unspecified atom stereocenters. The number of aryl methyl sites for hydroxylation is 2. The highest BCUT2D eigenvalue weighted by Gasteiger charge is 2.30. The fourth-order valence-electron chi connectivity index (χ4n) is 2.45.